The van der Waals surface area contributed by atoms with E-state index in [0.717, 1.165) is 37.7 Å². The lowest BCUT2D eigenvalue weighted by Gasteiger charge is -2.40. The Bertz CT molecular complexity index is 500. The van der Waals surface area contributed by atoms with Crippen LogP contribution in [-0.2, 0) is 4.79 Å². The van der Waals surface area contributed by atoms with Gasteiger partial charge in [-0.1, -0.05) is 38.5 Å². The number of fused-ring (bicyclic) bond motifs is 1. The van der Waals surface area contributed by atoms with Crippen LogP contribution in [0.25, 0.3) is 0 Å². The lowest BCUT2D eigenvalue weighted by atomic mass is 9.67. The van der Waals surface area contributed by atoms with E-state index in [1.54, 1.807) is 0 Å². The van der Waals surface area contributed by atoms with Crippen molar-refractivity contribution in [2.75, 3.05) is 0 Å². The molecule has 0 radical (unpaired) electrons. The van der Waals surface area contributed by atoms with Gasteiger partial charge in [0, 0.05) is 12.3 Å². The zero-order valence-electron chi connectivity index (χ0n) is 14.9. The monoisotopic (exact) mass is 304 g/mol. The Labute approximate surface area is 135 Å². The highest BCUT2D eigenvalue weighted by molar-refractivity contribution is 5.95. The Morgan fingerprint density at radius 3 is 2.55 bits per heavy atom. The fourth-order valence-electron chi connectivity index (χ4n) is 4.28. The Morgan fingerprint density at radius 1 is 1.23 bits per heavy atom. The van der Waals surface area contributed by atoms with Gasteiger partial charge in [0.2, 0.25) is 0 Å². The molecule has 2 heteroatoms. The summed E-state index contributed by atoms with van der Waals surface area (Å²) in [6, 6.07) is 0. The number of allylic oxidation sites excluding steroid dienone is 4. The molecule has 0 aromatic heterocycles. The van der Waals surface area contributed by atoms with Crippen molar-refractivity contribution in [1.82, 2.24) is 0 Å². The third kappa shape index (κ3) is 3.22. The van der Waals surface area contributed by atoms with Crippen LogP contribution < -0.4 is 0 Å². The molecule has 0 heterocycles. The highest BCUT2D eigenvalue weighted by Gasteiger charge is 2.55. The molecule has 22 heavy (non-hydrogen) atoms. The molecule has 2 nitrogen and oxygen atoms in total. The summed E-state index contributed by atoms with van der Waals surface area (Å²) in [4.78, 5) is 12.6. The minimum Gasteiger partial charge on any atom is -0.389 e. The van der Waals surface area contributed by atoms with E-state index in [-0.39, 0.29) is 23.0 Å². The van der Waals surface area contributed by atoms with Crippen LogP contribution in [0.1, 0.15) is 73.1 Å². The van der Waals surface area contributed by atoms with Crippen LogP contribution in [-0.4, -0.2) is 16.5 Å². The van der Waals surface area contributed by atoms with Crippen molar-refractivity contribution in [3.8, 4) is 0 Å². The third-order valence-electron chi connectivity index (χ3n) is 6.28. The fraction of sp³-hybridized carbons (Fsp3) is 0.750. The molecule has 0 spiro atoms. The van der Waals surface area contributed by atoms with Crippen molar-refractivity contribution in [2.45, 2.75) is 78.7 Å². The summed E-state index contributed by atoms with van der Waals surface area (Å²) in [5, 5.41) is 11.3. The van der Waals surface area contributed by atoms with Gasteiger partial charge in [0.1, 0.15) is 0 Å². The highest BCUT2D eigenvalue weighted by Crippen LogP contribution is 2.56. The van der Waals surface area contributed by atoms with Gasteiger partial charge in [-0.05, 0) is 62.9 Å². The molecule has 0 unspecified atom stereocenters. The van der Waals surface area contributed by atoms with Crippen LogP contribution in [0.5, 0.6) is 0 Å². The van der Waals surface area contributed by atoms with Gasteiger partial charge in [0.05, 0.1) is 5.60 Å². The fourth-order valence-corrected chi connectivity index (χ4v) is 4.28. The molecule has 0 aliphatic heterocycles. The van der Waals surface area contributed by atoms with Crippen LogP contribution in [0.15, 0.2) is 23.3 Å². The van der Waals surface area contributed by atoms with E-state index in [9.17, 15) is 9.90 Å². The Morgan fingerprint density at radius 2 is 1.91 bits per heavy atom. The molecule has 2 aliphatic carbocycles. The minimum atomic E-state index is -0.708. The molecule has 1 fully saturated rings. The molecule has 2 aliphatic rings. The van der Waals surface area contributed by atoms with E-state index >= 15 is 0 Å². The molecule has 1 N–H and O–H groups in total. The first-order valence-electron chi connectivity index (χ1n) is 8.77. The van der Waals surface area contributed by atoms with E-state index in [0.29, 0.717) is 6.42 Å². The molecule has 1 saturated carbocycles. The van der Waals surface area contributed by atoms with Crippen LogP contribution in [0.2, 0.25) is 0 Å². The molecule has 0 aromatic carbocycles. The Kier molecular flexibility index (Phi) is 5.01. The second-order valence-electron chi connectivity index (χ2n) is 8.16. The number of hydrogen-bond acceptors (Lipinski definition) is 2. The van der Waals surface area contributed by atoms with Crippen molar-refractivity contribution >= 4 is 5.78 Å². The summed E-state index contributed by atoms with van der Waals surface area (Å²) in [7, 11) is 0. The van der Waals surface area contributed by atoms with E-state index < -0.39 is 5.60 Å². The number of carbonyl (C=O) groups is 1. The van der Waals surface area contributed by atoms with E-state index in [1.165, 1.54) is 5.57 Å². The average molecular weight is 304 g/mol. The van der Waals surface area contributed by atoms with Gasteiger partial charge in [-0.25, -0.2) is 0 Å². The Hall–Kier alpha value is -0.890. The predicted octanol–water partition coefficient (Wildman–Crippen LogP) is 4.83. The molecular weight excluding hydrogens is 272 g/mol. The van der Waals surface area contributed by atoms with Crippen LogP contribution in [0, 0.1) is 17.3 Å². The SMILES string of the molecule is C/C1=C\C[C@@]2(C)CC[C@@](O)(C(C)C)[C@@H]2CC(=O)/C(C)=C/CC1. The second kappa shape index (κ2) is 6.31. The maximum atomic E-state index is 12.6. The van der Waals surface area contributed by atoms with Gasteiger partial charge in [-0.2, -0.15) is 0 Å². The summed E-state index contributed by atoms with van der Waals surface area (Å²) < 4.78 is 0. The summed E-state index contributed by atoms with van der Waals surface area (Å²) >= 11 is 0. The largest absolute Gasteiger partial charge is 0.389 e. The average Bonchev–Trinajstić information content (AvgIpc) is 2.70. The number of rotatable bonds is 1. The predicted molar refractivity (Wildman–Crippen MR) is 91.6 cm³/mol. The summed E-state index contributed by atoms with van der Waals surface area (Å²) in [5.74, 6) is 0.460. The molecule has 124 valence electrons. The lowest BCUT2D eigenvalue weighted by molar-refractivity contribution is -0.122. The number of hydrogen-bond donors (Lipinski definition) is 1. The van der Waals surface area contributed by atoms with Crippen molar-refractivity contribution in [3.63, 3.8) is 0 Å². The van der Waals surface area contributed by atoms with Crippen LogP contribution >= 0.6 is 0 Å². The number of ketones is 1. The lowest BCUT2D eigenvalue weighted by Crippen LogP contribution is -2.44. The molecule has 0 bridgehead atoms. The van der Waals surface area contributed by atoms with Crippen LogP contribution in [0.4, 0.5) is 0 Å². The molecule has 0 amide bonds. The molecule has 0 aromatic rings. The first-order chi connectivity index (χ1) is 10.2. The van der Waals surface area contributed by atoms with Gasteiger partial charge in [0.25, 0.3) is 0 Å². The van der Waals surface area contributed by atoms with Gasteiger partial charge in [-0.15, -0.1) is 0 Å². The highest BCUT2D eigenvalue weighted by atomic mass is 16.3. The van der Waals surface area contributed by atoms with Crippen LogP contribution in [0.3, 0.4) is 0 Å². The summed E-state index contributed by atoms with van der Waals surface area (Å²) in [6.07, 6.45) is 9.67. The Balaban J connectivity index is 2.42. The zero-order chi connectivity index (χ0) is 16.5. The first-order valence-corrected chi connectivity index (χ1v) is 8.77. The molecule has 0 saturated heterocycles. The number of carbonyl (C=O) groups excluding carboxylic acids is 1. The van der Waals surface area contributed by atoms with E-state index in [4.69, 9.17) is 0 Å². The van der Waals surface area contributed by atoms with Gasteiger partial charge < -0.3 is 5.11 Å². The maximum Gasteiger partial charge on any atom is 0.158 e. The first kappa shape index (κ1) is 17.5. The van der Waals surface area contributed by atoms with E-state index in [2.05, 4.69) is 39.8 Å². The van der Waals surface area contributed by atoms with Crippen molar-refractivity contribution in [2.24, 2.45) is 17.3 Å². The number of aliphatic hydroxyl groups is 1. The van der Waals surface area contributed by atoms with Gasteiger partial charge in [-0.3, -0.25) is 4.79 Å². The van der Waals surface area contributed by atoms with Gasteiger partial charge >= 0.3 is 0 Å². The molecule has 3 atom stereocenters. The van der Waals surface area contributed by atoms with Crippen molar-refractivity contribution in [3.05, 3.63) is 23.3 Å². The third-order valence-corrected chi connectivity index (χ3v) is 6.28. The molecule has 2 rings (SSSR count). The van der Waals surface area contributed by atoms with Crippen molar-refractivity contribution < 1.29 is 9.90 Å². The normalized spacial score (nSPS) is 42.1. The zero-order valence-corrected chi connectivity index (χ0v) is 14.9. The summed E-state index contributed by atoms with van der Waals surface area (Å²) in [6.45, 7) is 10.6. The van der Waals surface area contributed by atoms with Gasteiger partial charge in [0.15, 0.2) is 5.78 Å². The standard InChI is InChI=1S/C20H32O2/c1-14(2)20(22)12-11-19(5)10-9-15(3)7-6-8-16(4)17(21)13-18(19)20/h8-9,14,18,22H,6-7,10-13H2,1-5H3/b15-9+,16-8+/t18-,19+,20-/m1/s1. The quantitative estimate of drug-likeness (QED) is 0.705. The second-order valence-corrected chi connectivity index (χ2v) is 8.16. The maximum absolute atomic E-state index is 12.6. The molecular formula is C20H32O2. The topological polar surface area (TPSA) is 37.3 Å². The van der Waals surface area contributed by atoms with E-state index in [1.807, 2.05) is 6.92 Å². The number of Topliss-reactive ketones (excluding diaryl/α,β-unsaturated/α-hetero) is 1. The minimum absolute atomic E-state index is 0.0283. The summed E-state index contributed by atoms with van der Waals surface area (Å²) in [5.41, 5.74) is 1.59. The van der Waals surface area contributed by atoms with Crippen molar-refractivity contribution in [1.29, 1.82) is 0 Å². The smallest absolute Gasteiger partial charge is 0.158 e.